The quantitative estimate of drug-likeness (QED) is 0.576. The third-order valence-electron chi connectivity index (χ3n) is 0.741. The first-order valence-electron chi connectivity index (χ1n) is 2.92. The molecule has 1 radical (unpaired) electrons. The summed E-state index contributed by atoms with van der Waals surface area (Å²) in [5, 5.41) is 2.65. The molecule has 0 aliphatic carbocycles. The summed E-state index contributed by atoms with van der Waals surface area (Å²) in [5.74, 6) is 0.0370. The lowest BCUT2D eigenvalue weighted by Crippen LogP contribution is -2.22. The molecule has 0 aliphatic heterocycles. The van der Waals surface area contributed by atoms with Crippen LogP contribution in [0.3, 0.4) is 0 Å². The fourth-order valence-electron chi connectivity index (χ4n) is 0.432. The Morgan fingerprint density at radius 2 is 2.25 bits per heavy atom. The summed E-state index contributed by atoms with van der Waals surface area (Å²) in [6.07, 6.45) is 2.44. The van der Waals surface area contributed by atoms with E-state index in [1.54, 1.807) is 6.42 Å². The molecule has 0 saturated carbocycles. The average Bonchev–Trinajstić information content (AvgIpc) is 1.68. The molecule has 0 aromatic heterocycles. The van der Waals surface area contributed by atoms with Crippen LogP contribution < -0.4 is 5.32 Å². The van der Waals surface area contributed by atoms with Gasteiger partial charge in [0.15, 0.2) is 0 Å². The molecule has 0 saturated heterocycles. The highest BCUT2D eigenvalue weighted by atomic mass is 16.1. The maximum Gasteiger partial charge on any atom is 0.223 e. The second-order valence-electron chi connectivity index (χ2n) is 1.51. The van der Waals surface area contributed by atoms with Crippen molar-refractivity contribution in [2.45, 2.75) is 20.3 Å². The van der Waals surface area contributed by atoms with Crippen LogP contribution in [0.4, 0.5) is 0 Å². The van der Waals surface area contributed by atoms with Crippen LogP contribution in [0.2, 0.25) is 0 Å². The van der Waals surface area contributed by atoms with Gasteiger partial charge in [-0.2, -0.15) is 0 Å². The van der Waals surface area contributed by atoms with Crippen LogP contribution in [0.5, 0.6) is 0 Å². The van der Waals surface area contributed by atoms with Crippen molar-refractivity contribution in [2.24, 2.45) is 0 Å². The Morgan fingerprint density at radius 1 is 1.62 bits per heavy atom. The number of carbonyl (C=O) groups excluding carboxylic acids is 1. The molecule has 0 aromatic carbocycles. The molecule has 0 bridgehead atoms. The van der Waals surface area contributed by atoms with E-state index in [4.69, 9.17) is 0 Å². The van der Waals surface area contributed by atoms with Gasteiger partial charge < -0.3 is 5.32 Å². The van der Waals surface area contributed by atoms with Crippen LogP contribution >= 0.6 is 0 Å². The Hall–Kier alpha value is -0.530. The molecule has 0 unspecified atom stereocenters. The van der Waals surface area contributed by atoms with Gasteiger partial charge in [0.25, 0.3) is 0 Å². The lowest BCUT2D eigenvalue weighted by molar-refractivity contribution is -0.117. The zero-order valence-electron chi connectivity index (χ0n) is 5.40. The van der Waals surface area contributed by atoms with Crippen molar-refractivity contribution in [3.05, 3.63) is 6.42 Å². The van der Waals surface area contributed by atoms with Crippen LogP contribution in [0.25, 0.3) is 0 Å². The van der Waals surface area contributed by atoms with E-state index in [0.717, 1.165) is 13.0 Å². The van der Waals surface area contributed by atoms with Gasteiger partial charge in [-0.3, -0.25) is 4.79 Å². The molecule has 1 amide bonds. The molecule has 0 spiro atoms. The van der Waals surface area contributed by atoms with Crippen molar-refractivity contribution in [2.75, 3.05) is 6.54 Å². The van der Waals surface area contributed by atoms with Gasteiger partial charge in [-0.25, -0.2) is 0 Å². The zero-order valence-corrected chi connectivity index (χ0v) is 5.40. The first-order chi connectivity index (χ1) is 3.81. The third kappa shape index (κ3) is 3.65. The molecule has 0 heterocycles. The minimum Gasteiger partial charge on any atom is -0.356 e. The van der Waals surface area contributed by atoms with Crippen LogP contribution in [0, 0.1) is 6.42 Å². The minimum absolute atomic E-state index is 0.0370. The third-order valence-corrected chi connectivity index (χ3v) is 0.741. The molecule has 0 rings (SSSR count). The van der Waals surface area contributed by atoms with Crippen molar-refractivity contribution in [3.8, 4) is 0 Å². The van der Waals surface area contributed by atoms with Crippen molar-refractivity contribution in [1.29, 1.82) is 0 Å². The second kappa shape index (κ2) is 4.62. The van der Waals surface area contributed by atoms with Gasteiger partial charge in [0, 0.05) is 13.0 Å². The maximum atomic E-state index is 10.5. The highest BCUT2D eigenvalue weighted by Gasteiger charge is 1.93. The van der Waals surface area contributed by atoms with Crippen LogP contribution in [-0.2, 0) is 4.79 Å². The van der Waals surface area contributed by atoms with Gasteiger partial charge >= 0.3 is 0 Å². The highest BCUT2D eigenvalue weighted by molar-refractivity contribution is 5.84. The van der Waals surface area contributed by atoms with E-state index >= 15 is 0 Å². The van der Waals surface area contributed by atoms with Gasteiger partial charge in [0.05, 0.1) is 0 Å². The van der Waals surface area contributed by atoms with Crippen molar-refractivity contribution in [1.82, 2.24) is 5.32 Å². The Kier molecular flexibility index (Phi) is 4.32. The molecule has 8 heavy (non-hydrogen) atoms. The second-order valence-corrected chi connectivity index (χ2v) is 1.51. The maximum absolute atomic E-state index is 10.5. The smallest absolute Gasteiger partial charge is 0.223 e. The van der Waals surface area contributed by atoms with E-state index in [9.17, 15) is 4.79 Å². The van der Waals surface area contributed by atoms with Crippen molar-refractivity contribution >= 4 is 5.91 Å². The van der Waals surface area contributed by atoms with Gasteiger partial charge in [0.2, 0.25) is 5.91 Å². The SMILES string of the molecule is CC[CH]C(=O)NCC. The minimum atomic E-state index is 0.0370. The van der Waals surface area contributed by atoms with Gasteiger partial charge in [-0.05, 0) is 13.3 Å². The average molecular weight is 114 g/mol. The fourth-order valence-corrected chi connectivity index (χ4v) is 0.432. The largest absolute Gasteiger partial charge is 0.356 e. The molecule has 0 aromatic rings. The predicted octanol–water partition coefficient (Wildman–Crippen LogP) is 0.737. The first-order valence-corrected chi connectivity index (χ1v) is 2.92. The van der Waals surface area contributed by atoms with E-state index < -0.39 is 0 Å². The van der Waals surface area contributed by atoms with Crippen LogP contribution in [-0.4, -0.2) is 12.5 Å². The molecule has 0 atom stereocenters. The Labute approximate surface area is 50.3 Å². The highest BCUT2D eigenvalue weighted by Crippen LogP contribution is 1.81. The number of hydrogen-bond donors (Lipinski definition) is 1. The van der Waals surface area contributed by atoms with Gasteiger partial charge in [-0.1, -0.05) is 6.92 Å². The van der Waals surface area contributed by atoms with Crippen LogP contribution in [0.15, 0.2) is 0 Å². The number of carbonyl (C=O) groups is 1. The summed E-state index contributed by atoms with van der Waals surface area (Å²) < 4.78 is 0. The molecule has 2 nitrogen and oxygen atoms in total. The predicted molar refractivity (Wildman–Crippen MR) is 33.3 cm³/mol. The summed E-state index contributed by atoms with van der Waals surface area (Å²) in [5.41, 5.74) is 0. The van der Waals surface area contributed by atoms with E-state index in [1.807, 2.05) is 13.8 Å². The standard InChI is InChI=1S/C6H12NO/c1-3-5-6(8)7-4-2/h5H,3-4H2,1-2H3,(H,7,8). The normalized spacial score (nSPS) is 8.75. The Bertz CT molecular complexity index is 62.9. The molecule has 0 aliphatic rings. The van der Waals surface area contributed by atoms with Crippen molar-refractivity contribution in [3.63, 3.8) is 0 Å². The number of hydrogen-bond acceptors (Lipinski definition) is 1. The van der Waals surface area contributed by atoms with E-state index in [2.05, 4.69) is 5.32 Å². The Morgan fingerprint density at radius 3 is 2.62 bits per heavy atom. The molecular formula is C6H12NO. The van der Waals surface area contributed by atoms with Gasteiger partial charge in [0.1, 0.15) is 0 Å². The van der Waals surface area contributed by atoms with Gasteiger partial charge in [-0.15, -0.1) is 0 Å². The zero-order chi connectivity index (χ0) is 6.41. The molecule has 0 fully saturated rings. The van der Waals surface area contributed by atoms with E-state index in [1.165, 1.54) is 0 Å². The lowest BCUT2D eigenvalue weighted by Gasteiger charge is -1.95. The topological polar surface area (TPSA) is 29.1 Å². The fraction of sp³-hybridized carbons (Fsp3) is 0.667. The summed E-state index contributed by atoms with van der Waals surface area (Å²) >= 11 is 0. The lowest BCUT2D eigenvalue weighted by atomic mass is 10.3. The van der Waals surface area contributed by atoms with Crippen LogP contribution in [0.1, 0.15) is 20.3 Å². The summed E-state index contributed by atoms with van der Waals surface area (Å²) in [6.45, 7) is 4.56. The molecule has 47 valence electrons. The number of rotatable bonds is 3. The number of nitrogens with one attached hydrogen (secondary N) is 1. The summed E-state index contributed by atoms with van der Waals surface area (Å²) in [6, 6.07) is 0. The summed E-state index contributed by atoms with van der Waals surface area (Å²) in [4.78, 5) is 10.5. The molecule has 2 heteroatoms. The first kappa shape index (κ1) is 7.47. The van der Waals surface area contributed by atoms with Crippen molar-refractivity contribution < 1.29 is 4.79 Å². The van der Waals surface area contributed by atoms with E-state index in [-0.39, 0.29) is 5.91 Å². The summed E-state index contributed by atoms with van der Waals surface area (Å²) in [7, 11) is 0. The molecular weight excluding hydrogens is 102 g/mol. The number of amides is 1. The Balaban J connectivity index is 3.06. The monoisotopic (exact) mass is 114 g/mol. The molecule has 1 N–H and O–H groups in total. The van der Waals surface area contributed by atoms with E-state index in [0.29, 0.717) is 0 Å².